The van der Waals surface area contributed by atoms with Gasteiger partial charge in [-0.2, -0.15) is 0 Å². The van der Waals surface area contributed by atoms with E-state index in [-0.39, 0.29) is 11.1 Å². The highest BCUT2D eigenvalue weighted by molar-refractivity contribution is 14.1. The van der Waals surface area contributed by atoms with Gasteiger partial charge in [0.05, 0.1) is 24.3 Å². The van der Waals surface area contributed by atoms with E-state index >= 15 is 0 Å². The summed E-state index contributed by atoms with van der Waals surface area (Å²) in [4.78, 5) is 24.1. The normalized spacial score (nSPS) is 10.2. The van der Waals surface area contributed by atoms with Gasteiger partial charge in [-0.05, 0) is 53.6 Å². The number of hydrogen-bond donors (Lipinski definition) is 0. The van der Waals surface area contributed by atoms with Crippen LogP contribution in [0.4, 0.5) is 0 Å². The number of carbonyl (C=O) groups excluding carboxylic acids is 2. The average Bonchev–Trinajstić information content (AvgIpc) is 2.47. The summed E-state index contributed by atoms with van der Waals surface area (Å²) in [6, 6.07) is 5.05. The first-order valence-corrected chi connectivity index (χ1v) is 8.31. The third kappa shape index (κ3) is 6.03. The van der Waals surface area contributed by atoms with Gasteiger partial charge < -0.3 is 9.47 Å². The first-order valence-electron chi connectivity index (χ1n) is 7.24. The largest absolute Gasteiger partial charge is 0.462 e. The summed E-state index contributed by atoms with van der Waals surface area (Å²) in [7, 11) is 0. The predicted octanol–water partition coefficient (Wildman–Crippen LogP) is 4.21. The van der Waals surface area contributed by atoms with E-state index in [4.69, 9.17) is 9.47 Å². The van der Waals surface area contributed by atoms with Gasteiger partial charge in [0.1, 0.15) is 0 Å². The van der Waals surface area contributed by atoms with E-state index < -0.39 is 11.9 Å². The van der Waals surface area contributed by atoms with Gasteiger partial charge in [-0.3, -0.25) is 0 Å². The Morgan fingerprint density at radius 1 is 0.952 bits per heavy atom. The van der Waals surface area contributed by atoms with Crippen molar-refractivity contribution >= 4 is 34.5 Å². The van der Waals surface area contributed by atoms with Gasteiger partial charge in [0.15, 0.2) is 0 Å². The van der Waals surface area contributed by atoms with Crippen LogP contribution >= 0.6 is 22.6 Å². The van der Waals surface area contributed by atoms with E-state index in [1.165, 1.54) is 0 Å². The Morgan fingerprint density at radius 2 is 1.48 bits per heavy atom. The fourth-order valence-electron chi connectivity index (χ4n) is 1.64. The van der Waals surface area contributed by atoms with Crippen molar-refractivity contribution in [2.24, 2.45) is 0 Å². The summed E-state index contributed by atoms with van der Waals surface area (Å²) in [6.45, 7) is 4.78. The highest BCUT2D eigenvalue weighted by Crippen LogP contribution is 2.17. The Morgan fingerprint density at radius 3 is 2.00 bits per heavy atom. The number of carbonyl (C=O) groups is 2. The van der Waals surface area contributed by atoms with Gasteiger partial charge in [-0.25, -0.2) is 9.59 Å². The number of benzene rings is 1. The summed E-state index contributed by atoms with van der Waals surface area (Å²) in [5, 5.41) is 0. The molecule has 0 aliphatic rings. The maximum atomic E-state index is 12.1. The van der Waals surface area contributed by atoms with E-state index in [0.717, 1.165) is 29.3 Å². The maximum absolute atomic E-state index is 12.1. The lowest BCUT2D eigenvalue weighted by Crippen LogP contribution is -2.15. The first kappa shape index (κ1) is 17.9. The molecular formula is C16H21IO4. The average molecular weight is 404 g/mol. The lowest BCUT2D eigenvalue weighted by Gasteiger charge is -2.10. The van der Waals surface area contributed by atoms with Crippen molar-refractivity contribution in [3.05, 3.63) is 32.9 Å². The molecule has 0 atom stereocenters. The maximum Gasteiger partial charge on any atom is 0.339 e. The van der Waals surface area contributed by atoms with Crippen molar-refractivity contribution in [3.63, 3.8) is 0 Å². The standard InChI is InChI=1S/C16H21IO4/c1-3-5-9-20-15(18)13-8-7-12(17)11-14(13)16(19)21-10-6-4-2/h7-8,11H,3-6,9-10H2,1-2H3. The molecule has 0 radical (unpaired) electrons. The number of halogens is 1. The molecule has 5 heteroatoms. The van der Waals surface area contributed by atoms with E-state index in [0.29, 0.717) is 13.2 Å². The molecule has 1 aromatic carbocycles. The van der Waals surface area contributed by atoms with Crippen LogP contribution in [0, 0.1) is 3.57 Å². The molecule has 21 heavy (non-hydrogen) atoms. The molecule has 116 valence electrons. The fraction of sp³-hybridized carbons (Fsp3) is 0.500. The van der Waals surface area contributed by atoms with Crippen LogP contribution in [0.15, 0.2) is 18.2 Å². The van der Waals surface area contributed by atoms with E-state index in [1.807, 2.05) is 13.8 Å². The summed E-state index contributed by atoms with van der Waals surface area (Å²) in [6.07, 6.45) is 3.52. The molecule has 0 aliphatic carbocycles. The van der Waals surface area contributed by atoms with Crippen molar-refractivity contribution in [1.82, 2.24) is 0 Å². The third-order valence-corrected chi connectivity index (χ3v) is 3.55. The van der Waals surface area contributed by atoms with Gasteiger partial charge in [0, 0.05) is 3.57 Å². The minimum absolute atomic E-state index is 0.271. The molecule has 0 heterocycles. The zero-order chi connectivity index (χ0) is 15.7. The Bertz CT molecular complexity index is 485. The molecule has 0 amide bonds. The minimum Gasteiger partial charge on any atom is -0.462 e. The van der Waals surface area contributed by atoms with Crippen molar-refractivity contribution < 1.29 is 19.1 Å². The van der Waals surface area contributed by atoms with Gasteiger partial charge in [0.25, 0.3) is 0 Å². The van der Waals surface area contributed by atoms with Crippen LogP contribution in [0.5, 0.6) is 0 Å². The second-order valence-corrected chi connectivity index (χ2v) is 5.91. The van der Waals surface area contributed by atoms with E-state index in [2.05, 4.69) is 22.6 Å². The molecular weight excluding hydrogens is 383 g/mol. The van der Waals surface area contributed by atoms with Crippen LogP contribution < -0.4 is 0 Å². The zero-order valence-electron chi connectivity index (χ0n) is 12.5. The minimum atomic E-state index is -0.470. The number of hydrogen-bond acceptors (Lipinski definition) is 4. The van der Waals surface area contributed by atoms with Crippen molar-refractivity contribution in [2.45, 2.75) is 39.5 Å². The van der Waals surface area contributed by atoms with E-state index in [1.54, 1.807) is 18.2 Å². The lowest BCUT2D eigenvalue weighted by atomic mass is 10.1. The molecule has 0 spiro atoms. The highest BCUT2D eigenvalue weighted by Gasteiger charge is 2.19. The number of ether oxygens (including phenoxy) is 2. The molecule has 0 aromatic heterocycles. The number of unbranched alkanes of at least 4 members (excludes halogenated alkanes) is 2. The summed E-state index contributed by atoms with van der Waals surface area (Å²) in [5.41, 5.74) is 0.549. The quantitative estimate of drug-likeness (QED) is 0.370. The Kier molecular flexibility index (Phi) is 8.34. The van der Waals surface area contributed by atoms with Crippen LogP contribution in [-0.2, 0) is 9.47 Å². The van der Waals surface area contributed by atoms with Crippen molar-refractivity contribution in [2.75, 3.05) is 13.2 Å². The molecule has 1 rings (SSSR count). The monoisotopic (exact) mass is 404 g/mol. The number of esters is 2. The Hall–Kier alpha value is -1.11. The predicted molar refractivity (Wildman–Crippen MR) is 89.5 cm³/mol. The summed E-state index contributed by atoms with van der Waals surface area (Å²) < 4.78 is 11.2. The van der Waals surface area contributed by atoms with Crippen LogP contribution in [0.2, 0.25) is 0 Å². The van der Waals surface area contributed by atoms with Crippen LogP contribution in [0.1, 0.15) is 60.2 Å². The van der Waals surface area contributed by atoms with E-state index in [9.17, 15) is 9.59 Å². The zero-order valence-corrected chi connectivity index (χ0v) is 14.6. The molecule has 4 nitrogen and oxygen atoms in total. The Balaban J connectivity index is 2.83. The van der Waals surface area contributed by atoms with Crippen LogP contribution in [0.3, 0.4) is 0 Å². The second-order valence-electron chi connectivity index (χ2n) is 4.67. The fourth-order valence-corrected chi connectivity index (χ4v) is 2.13. The SMILES string of the molecule is CCCCOC(=O)c1ccc(I)cc1C(=O)OCCCC. The lowest BCUT2D eigenvalue weighted by molar-refractivity contribution is 0.0452. The molecule has 0 aliphatic heterocycles. The molecule has 1 aromatic rings. The van der Waals surface area contributed by atoms with Crippen LogP contribution in [0.25, 0.3) is 0 Å². The van der Waals surface area contributed by atoms with Crippen molar-refractivity contribution in [3.8, 4) is 0 Å². The van der Waals surface area contributed by atoms with Gasteiger partial charge in [-0.1, -0.05) is 26.7 Å². The molecule has 0 bridgehead atoms. The molecule has 0 N–H and O–H groups in total. The third-order valence-electron chi connectivity index (χ3n) is 2.88. The summed E-state index contributed by atoms with van der Waals surface area (Å²) in [5.74, 6) is -0.938. The van der Waals surface area contributed by atoms with Crippen molar-refractivity contribution in [1.29, 1.82) is 0 Å². The molecule has 0 fully saturated rings. The molecule has 0 saturated heterocycles. The highest BCUT2D eigenvalue weighted by atomic mass is 127. The number of rotatable bonds is 8. The van der Waals surface area contributed by atoms with Gasteiger partial charge >= 0.3 is 11.9 Å². The first-order chi connectivity index (χ1) is 10.1. The van der Waals surface area contributed by atoms with Crippen LogP contribution in [-0.4, -0.2) is 25.2 Å². The topological polar surface area (TPSA) is 52.6 Å². The smallest absolute Gasteiger partial charge is 0.339 e. The van der Waals surface area contributed by atoms with Gasteiger partial charge in [0.2, 0.25) is 0 Å². The summed E-state index contributed by atoms with van der Waals surface area (Å²) >= 11 is 2.10. The van der Waals surface area contributed by atoms with Gasteiger partial charge in [-0.15, -0.1) is 0 Å². The Labute approximate surface area is 139 Å². The second kappa shape index (κ2) is 9.76. The molecule has 0 unspecified atom stereocenters. The molecule has 0 saturated carbocycles.